The minimum Gasteiger partial charge on any atom is -0.376 e. The molecule has 3 aromatic rings. The van der Waals surface area contributed by atoms with E-state index in [0.29, 0.717) is 22.4 Å². The third-order valence-corrected chi connectivity index (χ3v) is 4.23. The van der Waals surface area contributed by atoms with Crippen LogP contribution in [-0.2, 0) is 4.79 Å². The molecule has 5 nitrogen and oxygen atoms in total. The van der Waals surface area contributed by atoms with Crippen molar-refractivity contribution >= 4 is 28.8 Å². The van der Waals surface area contributed by atoms with E-state index in [4.69, 9.17) is 0 Å². The maximum Gasteiger partial charge on any atom is 0.243 e. The largest absolute Gasteiger partial charge is 0.376 e. The lowest BCUT2D eigenvalue weighted by molar-refractivity contribution is -0.114. The van der Waals surface area contributed by atoms with Gasteiger partial charge in [-0.3, -0.25) is 14.4 Å². The molecule has 3 aromatic carbocycles. The number of carbonyl (C=O) groups excluding carboxylic acids is 3. The lowest BCUT2D eigenvalue weighted by Crippen LogP contribution is -2.23. The summed E-state index contributed by atoms with van der Waals surface area (Å²) in [6, 6.07) is 22.8. The molecule has 0 radical (unpaired) electrons. The van der Waals surface area contributed by atoms with E-state index in [9.17, 15) is 14.4 Å². The number of amides is 1. The van der Waals surface area contributed by atoms with Gasteiger partial charge in [0.05, 0.1) is 12.2 Å². The van der Waals surface area contributed by atoms with Crippen molar-refractivity contribution in [2.45, 2.75) is 6.92 Å². The molecule has 0 fully saturated rings. The first kappa shape index (κ1) is 19.0. The Morgan fingerprint density at radius 3 is 2.07 bits per heavy atom. The quantitative estimate of drug-likeness (QED) is 0.611. The first-order chi connectivity index (χ1) is 13.5. The average Bonchev–Trinajstić information content (AvgIpc) is 2.73. The van der Waals surface area contributed by atoms with E-state index in [1.807, 2.05) is 6.07 Å². The van der Waals surface area contributed by atoms with Gasteiger partial charge in [0.2, 0.25) is 5.91 Å². The number of rotatable bonds is 7. The third kappa shape index (κ3) is 4.71. The molecular formula is C23H20N2O3. The number of anilines is 2. The highest BCUT2D eigenvalue weighted by atomic mass is 16.2. The molecule has 0 atom stereocenters. The summed E-state index contributed by atoms with van der Waals surface area (Å²) in [7, 11) is 0. The van der Waals surface area contributed by atoms with E-state index in [-0.39, 0.29) is 24.0 Å². The maximum atomic E-state index is 12.7. The lowest BCUT2D eigenvalue weighted by Gasteiger charge is -2.11. The van der Waals surface area contributed by atoms with Gasteiger partial charge in [0.15, 0.2) is 11.6 Å². The van der Waals surface area contributed by atoms with Gasteiger partial charge < -0.3 is 10.6 Å². The highest BCUT2D eigenvalue weighted by Gasteiger charge is 2.14. The third-order valence-electron chi connectivity index (χ3n) is 4.23. The molecule has 0 aliphatic carbocycles. The van der Waals surface area contributed by atoms with Crippen molar-refractivity contribution in [1.29, 1.82) is 0 Å². The van der Waals surface area contributed by atoms with Crippen LogP contribution in [-0.4, -0.2) is 24.0 Å². The summed E-state index contributed by atoms with van der Waals surface area (Å²) in [6.45, 7) is 1.54. The second-order valence-corrected chi connectivity index (χ2v) is 6.28. The molecule has 28 heavy (non-hydrogen) atoms. The van der Waals surface area contributed by atoms with Crippen molar-refractivity contribution in [2.75, 3.05) is 17.2 Å². The van der Waals surface area contributed by atoms with Gasteiger partial charge in [-0.2, -0.15) is 0 Å². The Morgan fingerprint density at radius 1 is 0.750 bits per heavy atom. The molecule has 0 aliphatic heterocycles. The van der Waals surface area contributed by atoms with Crippen LogP contribution in [0.2, 0.25) is 0 Å². The number of Topliss-reactive ketones (excluding diaryl/α,β-unsaturated/α-hetero) is 1. The highest BCUT2D eigenvalue weighted by molar-refractivity contribution is 6.14. The summed E-state index contributed by atoms with van der Waals surface area (Å²) in [5.41, 5.74) is 2.81. The van der Waals surface area contributed by atoms with Crippen LogP contribution in [0.25, 0.3) is 0 Å². The topological polar surface area (TPSA) is 75.3 Å². The van der Waals surface area contributed by atoms with Crippen molar-refractivity contribution in [2.24, 2.45) is 0 Å². The molecule has 1 amide bonds. The number of hydrogen-bond acceptors (Lipinski definition) is 4. The minimum atomic E-state index is -0.274. The van der Waals surface area contributed by atoms with Crippen LogP contribution in [0.15, 0.2) is 78.9 Å². The van der Waals surface area contributed by atoms with E-state index in [0.717, 1.165) is 5.69 Å². The Bertz CT molecular complexity index is 996. The van der Waals surface area contributed by atoms with E-state index in [2.05, 4.69) is 10.6 Å². The predicted molar refractivity (Wildman–Crippen MR) is 110 cm³/mol. The van der Waals surface area contributed by atoms with Gasteiger partial charge in [0, 0.05) is 22.4 Å². The number of para-hydroxylation sites is 1. The Labute approximate surface area is 163 Å². The fourth-order valence-electron chi connectivity index (χ4n) is 2.73. The van der Waals surface area contributed by atoms with Gasteiger partial charge in [0.25, 0.3) is 0 Å². The van der Waals surface area contributed by atoms with Crippen LogP contribution in [0, 0.1) is 0 Å². The van der Waals surface area contributed by atoms with E-state index in [1.165, 1.54) is 6.92 Å². The van der Waals surface area contributed by atoms with Gasteiger partial charge in [-0.05, 0) is 43.3 Å². The van der Waals surface area contributed by atoms with Gasteiger partial charge in [-0.15, -0.1) is 0 Å². The van der Waals surface area contributed by atoms with Crippen LogP contribution in [0.5, 0.6) is 0 Å². The SMILES string of the molecule is CC(=O)c1ccc(NCC(=O)Nc2ccccc2C(=O)c2ccccc2)cc1. The summed E-state index contributed by atoms with van der Waals surface area (Å²) in [5, 5.41) is 5.79. The molecule has 0 bridgehead atoms. The van der Waals surface area contributed by atoms with Crippen molar-refractivity contribution < 1.29 is 14.4 Å². The Morgan fingerprint density at radius 2 is 1.39 bits per heavy atom. The molecule has 2 N–H and O–H groups in total. The number of carbonyl (C=O) groups is 3. The molecule has 0 saturated carbocycles. The van der Waals surface area contributed by atoms with E-state index in [1.54, 1.807) is 72.8 Å². The van der Waals surface area contributed by atoms with Crippen LogP contribution >= 0.6 is 0 Å². The summed E-state index contributed by atoms with van der Waals surface area (Å²) in [4.78, 5) is 36.4. The minimum absolute atomic E-state index is 0.0102. The summed E-state index contributed by atoms with van der Waals surface area (Å²) in [6.07, 6.45) is 0. The smallest absolute Gasteiger partial charge is 0.243 e. The van der Waals surface area contributed by atoms with Crippen LogP contribution in [0.4, 0.5) is 11.4 Å². The second-order valence-electron chi connectivity index (χ2n) is 6.28. The zero-order valence-electron chi connectivity index (χ0n) is 15.4. The molecule has 0 saturated heterocycles. The summed E-state index contributed by atoms with van der Waals surface area (Å²) >= 11 is 0. The highest BCUT2D eigenvalue weighted by Crippen LogP contribution is 2.19. The Kier molecular flexibility index (Phi) is 5.97. The average molecular weight is 372 g/mol. The zero-order chi connectivity index (χ0) is 19.9. The van der Waals surface area contributed by atoms with Crippen molar-refractivity contribution in [3.8, 4) is 0 Å². The molecule has 0 spiro atoms. The van der Waals surface area contributed by atoms with Crippen molar-refractivity contribution in [1.82, 2.24) is 0 Å². The maximum absolute atomic E-state index is 12.7. The molecule has 140 valence electrons. The fourth-order valence-corrected chi connectivity index (χ4v) is 2.73. The number of nitrogens with one attached hydrogen (secondary N) is 2. The fraction of sp³-hybridized carbons (Fsp3) is 0.0870. The molecule has 0 unspecified atom stereocenters. The van der Waals surface area contributed by atoms with Gasteiger partial charge >= 0.3 is 0 Å². The normalized spacial score (nSPS) is 10.2. The molecule has 0 aliphatic rings. The van der Waals surface area contributed by atoms with E-state index >= 15 is 0 Å². The molecule has 0 heterocycles. The van der Waals surface area contributed by atoms with Gasteiger partial charge in [-0.1, -0.05) is 42.5 Å². The van der Waals surface area contributed by atoms with Crippen molar-refractivity contribution in [3.05, 3.63) is 95.6 Å². The Balaban J connectivity index is 1.66. The number of benzene rings is 3. The molecule has 5 heteroatoms. The van der Waals surface area contributed by atoms with Crippen LogP contribution in [0.3, 0.4) is 0 Å². The second kappa shape index (κ2) is 8.77. The van der Waals surface area contributed by atoms with Gasteiger partial charge in [0.1, 0.15) is 0 Å². The number of hydrogen-bond donors (Lipinski definition) is 2. The van der Waals surface area contributed by atoms with Crippen LogP contribution < -0.4 is 10.6 Å². The zero-order valence-corrected chi connectivity index (χ0v) is 15.4. The van der Waals surface area contributed by atoms with Crippen molar-refractivity contribution in [3.63, 3.8) is 0 Å². The Hall–Kier alpha value is -3.73. The monoisotopic (exact) mass is 372 g/mol. The number of ketones is 2. The van der Waals surface area contributed by atoms with E-state index < -0.39 is 0 Å². The molecule has 0 aromatic heterocycles. The lowest BCUT2D eigenvalue weighted by atomic mass is 10.0. The first-order valence-electron chi connectivity index (χ1n) is 8.88. The summed E-state index contributed by atoms with van der Waals surface area (Å²) < 4.78 is 0. The predicted octanol–water partition coefficient (Wildman–Crippen LogP) is 4.17. The molecular weight excluding hydrogens is 352 g/mol. The van der Waals surface area contributed by atoms with Gasteiger partial charge in [-0.25, -0.2) is 0 Å². The standard InChI is InChI=1S/C23H20N2O3/c1-16(26)17-11-13-19(14-12-17)24-15-22(27)25-21-10-6-5-9-20(21)23(28)18-7-3-2-4-8-18/h2-14,24H,15H2,1H3,(H,25,27). The van der Waals surface area contributed by atoms with Crippen LogP contribution in [0.1, 0.15) is 33.2 Å². The molecule has 3 rings (SSSR count). The first-order valence-corrected chi connectivity index (χ1v) is 8.88. The summed E-state index contributed by atoms with van der Waals surface area (Å²) in [5.74, 6) is -0.433.